The van der Waals surface area contributed by atoms with Crippen molar-refractivity contribution in [3.05, 3.63) is 0 Å². The number of carbonyl (C=O) groups is 1. The summed E-state index contributed by atoms with van der Waals surface area (Å²) in [5, 5.41) is 10.8. The van der Waals surface area contributed by atoms with Gasteiger partial charge in [0, 0.05) is 6.54 Å². The highest BCUT2D eigenvalue weighted by atomic mass is 19.4. The van der Waals surface area contributed by atoms with Gasteiger partial charge in [0.05, 0.1) is 5.92 Å². The van der Waals surface area contributed by atoms with Gasteiger partial charge in [0.2, 0.25) is 0 Å². The first-order valence-corrected chi connectivity index (χ1v) is 3.94. The first-order chi connectivity index (χ1) is 5.91. The van der Waals surface area contributed by atoms with Crippen molar-refractivity contribution in [2.24, 2.45) is 5.92 Å². The number of rotatable bonds is 1. The second-order valence-electron chi connectivity index (χ2n) is 3.11. The monoisotopic (exact) mass is 197 g/mol. The zero-order chi connectivity index (χ0) is 10.1. The number of carboxylic acids is 1. The molecule has 1 aliphatic rings. The smallest absolute Gasteiger partial charge is 0.393 e. The normalized spacial score (nSPS) is 30.1. The molecule has 76 valence electrons. The van der Waals surface area contributed by atoms with Crippen LogP contribution in [0, 0.1) is 5.92 Å². The van der Waals surface area contributed by atoms with Crippen LogP contribution in [-0.2, 0) is 4.79 Å². The molecule has 0 aromatic heterocycles. The molecule has 0 aromatic carbocycles. The number of piperidine rings is 1. The van der Waals surface area contributed by atoms with Gasteiger partial charge in [-0.1, -0.05) is 0 Å². The Hall–Kier alpha value is -0.780. The molecule has 1 heterocycles. The summed E-state index contributed by atoms with van der Waals surface area (Å²) in [7, 11) is 0. The Morgan fingerprint density at radius 2 is 2.00 bits per heavy atom. The second-order valence-corrected chi connectivity index (χ2v) is 3.11. The molecule has 2 N–H and O–H groups in total. The van der Waals surface area contributed by atoms with Gasteiger partial charge >= 0.3 is 12.1 Å². The zero-order valence-electron chi connectivity index (χ0n) is 6.77. The Balaban J connectivity index is 2.44. The Morgan fingerprint density at radius 3 is 2.31 bits per heavy atom. The fourth-order valence-electron chi connectivity index (χ4n) is 1.35. The van der Waals surface area contributed by atoms with Crippen LogP contribution < -0.4 is 5.32 Å². The van der Waals surface area contributed by atoms with E-state index in [1.807, 2.05) is 0 Å². The summed E-state index contributed by atoms with van der Waals surface area (Å²) in [6.07, 6.45) is -4.27. The Labute approximate surface area is 72.9 Å². The molecule has 3 nitrogen and oxygen atoms in total. The lowest BCUT2D eigenvalue weighted by atomic mass is 9.94. The first kappa shape index (κ1) is 10.3. The van der Waals surface area contributed by atoms with Crippen LogP contribution in [0.15, 0.2) is 0 Å². The van der Waals surface area contributed by atoms with Gasteiger partial charge < -0.3 is 10.4 Å². The Kier molecular flexibility index (Phi) is 2.80. The third kappa shape index (κ3) is 2.58. The molecule has 13 heavy (non-hydrogen) atoms. The highest BCUT2D eigenvalue weighted by Gasteiger charge is 2.42. The minimum atomic E-state index is -4.21. The predicted molar refractivity (Wildman–Crippen MR) is 38.2 cm³/mol. The van der Waals surface area contributed by atoms with Crippen LogP contribution >= 0.6 is 0 Å². The molecule has 0 aliphatic carbocycles. The second kappa shape index (κ2) is 3.53. The maximum absolute atomic E-state index is 12.1. The van der Waals surface area contributed by atoms with Crippen molar-refractivity contribution < 1.29 is 23.1 Å². The lowest BCUT2D eigenvalue weighted by Gasteiger charge is -2.28. The topological polar surface area (TPSA) is 49.3 Å². The summed E-state index contributed by atoms with van der Waals surface area (Å²) in [5.41, 5.74) is 0. The quantitative estimate of drug-likeness (QED) is 0.659. The van der Waals surface area contributed by atoms with Crippen molar-refractivity contribution >= 4 is 5.97 Å². The standard InChI is InChI=1S/C7H10F3NO2/c8-7(9,10)4-1-2-5(6(12)13)11-3-4/h4-5,11H,1-3H2,(H,12,13). The van der Waals surface area contributed by atoms with E-state index in [-0.39, 0.29) is 19.4 Å². The van der Waals surface area contributed by atoms with Crippen LogP contribution in [0.3, 0.4) is 0 Å². The van der Waals surface area contributed by atoms with E-state index in [1.165, 1.54) is 0 Å². The maximum atomic E-state index is 12.1. The van der Waals surface area contributed by atoms with Crippen molar-refractivity contribution in [1.29, 1.82) is 0 Å². The highest BCUT2D eigenvalue weighted by molar-refractivity contribution is 5.73. The van der Waals surface area contributed by atoms with Crippen molar-refractivity contribution in [2.75, 3.05) is 6.54 Å². The van der Waals surface area contributed by atoms with Gasteiger partial charge in [-0.05, 0) is 12.8 Å². The molecule has 0 aromatic rings. The third-order valence-electron chi connectivity index (χ3n) is 2.18. The maximum Gasteiger partial charge on any atom is 0.393 e. The molecule has 1 fully saturated rings. The number of aliphatic carboxylic acids is 1. The number of hydrogen-bond acceptors (Lipinski definition) is 2. The molecular weight excluding hydrogens is 187 g/mol. The van der Waals surface area contributed by atoms with Crippen molar-refractivity contribution in [1.82, 2.24) is 5.32 Å². The molecular formula is C7H10F3NO2. The number of halogens is 3. The molecule has 0 amide bonds. The minimum absolute atomic E-state index is 0.0412. The SMILES string of the molecule is O=C(O)C1CCC(C(F)(F)F)CN1. The lowest BCUT2D eigenvalue weighted by Crippen LogP contribution is -2.47. The van der Waals surface area contributed by atoms with E-state index in [2.05, 4.69) is 5.32 Å². The van der Waals surface area contributed by atoms with Crippen LogP contribution in [0.1, 0.15) is 12.8 Å². The molecule has 0 saturated carbocycles. The number of hydrogen-bond donors (Lipinski definition) is 2. The number of nitrogens with one attached hydrogen (secondary N) is 1. The lowest BCUT2D eigenvalue weighted by molar-refractivity contribution is -0.181. The van der Waals surface area contributed by atoms with Gasteiger partial charge in [0.25, 0.3) is 0 Å². The van der Waals surface area contributed by atoms with Crippen molar-refractivity contribution in [2.45, 2.75) is 25.1 Å². The summed E-state index contributed by atoms with van der Waals surface area (Å²) in [6, 6.07) is -0.821. The molecule has 6 heteroatoms. The van der Waals surface area contributed by atoms with E-state index in [0.29, 0.717) is 0 Å². The van der Waals surface area contributed by atoms with Gasteiger partial charge in [-0.2, -0.15) is 13.2 Å². The van der Waals surface area contributed by atoms with Crippen LogP contribution in [0.2, 0.25) is 0 Å². The average molecular weight is 197 g/mol. The van der Waals surface area contributed by atoms with E-state index in [0.717, 1.165) is 0 Å². The summed E-state index contributed by atoms with van der Waals surface area (Å²) >= 11 is 0. The molecule has 1 aliphatic heterocycles. The van der Waals surface area contributed by atoms with Gasteiger partial charge in [-0.15, -0.1) is 0 Å². The number of alkyl halides is 3. The molecule has 0 spiro atoms. The number of carboxylic acid groups (broad SMARTS) is 1. The van der Waals surface area contributed by atoms with E-state index in [1.54, 1.807) is 0 Å². The van der Waals surface area contributed by atoms with Gasteiger partial charge in [-0.3, -0.25) is 4.79 Å². The predicted octanol–water partition coefficient (Wildman–Crippen LogP) is 1.00. The van der Waals surface area contributed by atoms with Crippen LogP contribution in [-0.4, -0.2) is 29.8 Å². The van der Waals surface area contributed by atoms with E-state index < -0.39 is 24.1 Å². The molecule has 0 radical (unpaired) electrons. The highest BCUT2D eigenvalue weighted by Crippen LogP contribution is 2.31. The average Bonchev–Trinajstić information content (AvgIpc) is 2.03. The molecule has 1 saturated heterocycles. The van der Waals surface area contributed by atoms with Gasteiger partial charge in [0.1, 0.15) is 6.04 Å². The summed E-state index contributed by atoms with van der Waals surface area (Å²) in [4.78, 5) is 10.4. The largest absolute Gasteiger partial charge is 0.480 e. The van der Waals surface area contributed by atoms with Crippen LogP contribution in [0.5, 0.6) is 0 Å². The first-order valence-electron chi connectivity index (χ1n) is 3.94. The summed E-state index contributed by atoms with van der Waals surface area (Å²) in [6.45, 7) is -0.291. The van der Waals surface area contributed by atoms with Gasteiger partial charge in [-0.25, -0.2) is 0 Å². The van der Waals surface area contributed by atoms with Crippen LogP contribution in [0.4, 0.5) is 13.2 Å². The van der Waals surface area contributed by atoms with E-state index in [4.69, 9.17) is 5.11 Å². The van der Waals surface area contributed by atoms with E-state index >= 15 is 0 Å². The fourth-order valence-corrected chi connectivity index (χ4v) is 1.35. The summed E-state index contributed by atoms with van der Waals surface area (Å²) in [5.74, 6) is -2.48. The van der Waals surface area contributed by atoms with Crippen LogP contribution in [0.25, 0.3) is 0 Å². The minimum Gasteiger partial charge on any atom is -0.480 e. The van der Waals surface area contributed by atoms with E-state index in [9.17, 15) is 18.0 Å². The fraction of sp³-hybridized carbons (Fsp3) is 0.857. The Morgan fingerprint density at radius 1 is 1.38 bits per heavy atom. The molecule has 1 rings (SSSR count). The summed E-state index contributed by atoms with van der Waals surface area (Å²) < 4.78 is 36.2. The molecule has 2 atom stereocenters. The Bertz CT molecular complexity index is 196. The molecule has 0 bridgehead atoms. The molecule has 2 unspecified atom stereocenters. The van der Waals surface area contributed by atoms with Gasteiger partial charge in [0.15, 0.2) is 0 Å². The van der Waals surface area contributed by atoms with Crippen molar-refractivity contribution in [3.63, 3.8) is 0 Å². The van der Waals surface area contributed by atoms with Crippen molar-refractivity contribution in [3.8, 4) is 0 Å². The zero-order valence-corrected chi connectivity index (χ0v) is 6.77. The third-order valence-corrected chi connectivity index (χ3v) is 2.18.